The summed E-state index contributed by atoms with van der Waals surface area (Å²) >= 11 is 0. The topological polar surface area (TPSA) is 105 Å². The molecule has 0 aromatic heterocycles. The van der Waals surface area contributed by atoms with Gasteiger partial charge in [-0.3, -0.25) is 9.59 Å². The number of amides is 2. The minimum Gasteiger partial charge on any atom is -0.482 e. The highest BCUT2D eigenvalue weighted by molar-refractivity contribution is 6.00. The van der Waals surface area contributed by atoms with Crippen molar-refractivity contribution >= 4 is 23.5 Å². The zero-order valence-electron chi connectivity index (χ0n) is 11.8. The average Bonchev–Trinajstić information content (AvgIpc) is 3.29. The van der Waals surface area contributed by atoms with E-state index >= 15 is 0 Å². The minimum atomic E-state index is -1.03. The fraction of sp³-hybridized carbons (Fsp3) is 0.400. The summed E-state index contributed by atoms with van der Waals surface area (Å²) in [6.45, 7) is -0.0545. The molecule has 0 radical (unpaired) electrons. The van der Waals surface area contributed by atoms with Crippen LogP contribution in [-0.2, 0) is 9.59 Å². The van der Waals surface area contributed by atoms with Gasteiger partial charge in [-0.05, 0) is 30.5 Å². The number of carboxylic acid groups (broad SMARTS) is 1. The van der Waals surface area contributed by atoms with Crippen LogP contribution in [0, 0.1) is 5.92 Å². The van der Waals surface area contributed by atoms with E-state index in [1.54, 1.807) is 12.1 Å². The second-order valence-electron chi connectivity index (χ2n) is 5.59. The smallest absolute Gasteiger partial charge is 0.326 e. The largest absolute Gasteiger partial charge is 0.482 e. The Balaban J connectivity index is 1.72. The van der Waals surface area contributed by atoms with Crippen molar-refractivity contribution in [2.75, 3.05) is 11.9 Å². The van der Waals surface area contributed by atoms with Crippen LogP contribution in [0.25, 0.3) is 0 Å². The number of nitrogens with one attached hydrogen (secondary N) is 2. The Morgan fingerprint density at radius 3 is 2.86 bits per heavy atom. The summed E-state index contributed by atoms with van der Waals surface area (Å²) in [6.07, 6.45) is 2.48. The first-order valence-electron chi connectivity index (χ1n) is 7.13. The van der Waals surface area contributed by atoms with E-state index in [0.29, 0.717) is 23.8 Å². The highest BCUT2D eigenvalue weighted by Crippen LogP contribution is 2.33. The summed E-state index contributed by atoms with van der Waals surface area (Å²) in [5.41, 5.74) is 0.699. The summed E-state index contributed by atoms with van der Waals surface area (Å²) < 4.78 is 5.21. The van der Waals surface area contributed by atoms with Gasteiger partial charge in [-0.25, -0.2) is 4.79 Å². The van der Waals surface area contributed by atoms with Crippen molar-refractivity contribution in [1.82, 2.24) is 5.32 Å². The van der Waals surface area contributed by atoms with Crippen molar-refractivity contribution in [3.8, 4) is 5.75 Å². The maximum absolute atomic E-state index is 12.2. The Hall–Kier alpha value is -2.57. The van der Waals surface area contributed by atoms with E-state index in [9.17, 15) is 19.5 Å². The number of anilines is 1. The molecule has 0 saturated heterocycles. The SMILES string of the molecule is O=C1COc2ccc(C(=O)NC(CC3CC3)C(=O)O)cc2N1. The number of fused-ring (bicyclic) bond motifs is 1. The van der Waals surface area contributed by atoms with Crippen LogP contribution >= 0.6 is 0 Å². The number of carbonyl (C=O) groups excluding carboxylic acids is 2. The molecule has 3 N–H and O–H groups in total. The van der Waals surface area contributed by atoms with E-state index in [0.717, 1.165) is 12.8 Å². The number of carbonyl (C=O) groups is 3. The van der Waals surface area contributed by atoms with Crippen LogP contribution in [0.3, 0.4) is 0 Å². The number of aliphatic carboxylic acids is 1. The molecule has 1 aromatic rings. The fourth-order valence-corrected chi connectivity index (χ4v) is 2.37. The van der Waals surface area contributed by atoms with Crippen molar-refractivity contribution in [2.24, 2.45) is 5.92 Å². The van der Waals surface area contributed by atoms with Crippen molar-refractivity contribution < 1.29 is 24.2 Å². The van der Waals surface area contributed by atoms with E-state index < -0.39 is 17.9 Å². The normalized spacial score (nSPS) is 17.7. The zero-order chi connectivity index (χ0) is 15.7. The Morgan fingerprint density at radius 2 is 2.18 bits per heavy atom. The number of carboxylic acids is 1. The van der Waals surface area contributed by atoms with Gasteiger partial charge in [-0.1, -0.05) is 12.8 Å². The molecular weight excluding hydrogens is 288 g/mol. The van der Waals surface area contributed by atoms with Crippen LogP contribution in [0.15, 0.2) is 18.2 Å². The van der Waals surface area contributed by atoms with E-state index in [1.165, 1.54) is 6.07 Å². The Bertz CT molecular complexity index is 639. The molecule has 1 aromatic carbocycles. The van der Waals surface area contributed by atoms with Crippen LogP contribution in [0.5, 0.6) is 5.75 Å². The van der Waals surface area contributed by atoms with Crippen LogP contribution in [0.1, 0.15) is 29.6 Å². The quantitative estimate of drug-likeness (QED) is 0.752. The zero-order valence-corrected chi connectivity index (χ0v) is 11.8. The monoisotopic (exact) mass is 304 g/mol. The summed E-state index contributed by atoms with van der Waals surface area (Å²) in [5.74, 6) is -0.922. The van der Waals surface area contributed by atoms with E-state index in [2.05, 4.69) is 10.6 Å². The minimum absolute atomic E-state index is 0.0545. The number of hydrogen-bond acceptors (Lipinski definition) is 4. The first kappa shape index (κ1) is 14.4. The first-order valence-corrected chi connectivity index (χ1v) is 7.13. The lowest BCUT2D eigenvalue weighted by Gasteiger charge is -2.19. The molecule has 1 aliphatic heterocycles. The molecule has 3 rings (SSSR count). The molecule has 1 unspecified atom stereocenters. The molecule has 1 heterocycles. The molecule has 1 atom stereocenters. The molecule has 0 bridgehead atoms. The van der Waals surface area contributed by atoms with Gasteiger partial charge in [0.2, 0.25) is 0 Å². The molecule has 1 fully saturated rings. The Morgan fingerprint density at radius 1 is 1.41 bits per heavy atom. The van der Waals surface area contributed by atoms with Crippen LogP contribution in [0.2, 0.25) is 0 Å². The van der Waals surface area contributed by atoms with E-state index in [4.69, 9.17) is 4.74 Å². The predicted octanol–water partition coefficient (Wildman–Crippen LogP) is 1.00. The number of rotatable bonds is 5. The van der Waals surface area contributed by atoms with Gasteiger partial charge >= 0.3 is 5.97 Å². The third kappa shape index (κ3) is 3.19. The van der Waals surface area contributed by atoms with Gasteiger partial charge in [-0.15, -0.1) is 0 Å². The van der Waals surface area contributed by atoms with Gasteiger partial charge in [-0.2, -0.15) is 0 Å². The molecule has 2 aliphatic rings. The van der Waals surface area contributed by atoms with E-state index in [-0.39, 0.29) is 18.1 Å². The third-order valence-electron chi connectivity index (χ3n) is 3.74. The van der Waals surface area contributed by atoms with Gasteiger partial charge < -0.3 is 20.5 Å². The lowest BCUT2D eigenvalue weighted by molar-refractivity contribution is -0.139. The maximum Gasteiger partial charge on any atom is 0.326 e. The molecule has 22 heavy (non-hydrogen) atoms. The van der Waals surface area contributed by atoms with Gasteiger partial charge in [0.1, 0.15) is 11.8 Å². The van der Waals surface area contributed by atoms with Gasteiger partial charge in [0.25, 0.3) is 11.8 Å². The van der Waals surface area contributed by atoms with Crippen molar-refractivity contribution in [2.45, 2.75) is 25.3 Å². The lowest BCUT2D eigenvalue weighted by Crippen LogP contribution is -2.41. The van der Waals surface area contributed by atoms with Crippen LogP contribution < -0.4 is 15.4 Å². The second kappa shape index (κ2) is 5.67. The first-order chi connectivity index (χ1) is 10.5. The second-order valence-corrected chi connectivity index (χ2v) is 5.59. The van der Waals surface area contributed by atoms with Gasteiger partial charge in [0.05, 0.1) is 5.69 Å². The van der Waals surface area contributed by atoms with E-state index in [1.807, 2.05) is 0 Å². The Kier molecular flexibility index (Phi) is 3.70. The maximum atomic E-state index is 12.2. The van der Waals surface area contributed by atoms with Crippen molar-refractivity contribution in [1.29, 1.82) is 0 Å². The molecule has 1 aliphatic carbocycles. The highest BCUT2D eigenvalue weighted by Gasteiger charge is 2.30. The highest BCUT2D eigenvalue weighted by atomic mass is 16.5. The standard InChI is InChI=1S/C15H16N2O5/c18-13-7-22-12-4-3-9(6-10(12)16-13)14(19)17-11(15(20)21)5-8-1-2-8/h3-4,6,8,11H,1-2,5,7H2,(H,16,18)(H,17,19)(H,20,21). The molecule has 2 amide bonds. The lowest BCUT2D eigenvalue weighted by atomic mass is 10.1. The molecule has 116 valence electrons. The molecular formula is C15H16N2O5. The van der Waals surface area contributed by atoms with Crippen LogP contribution in [0.4, 0.5) is 5.69 Å². The Labute approximate surface area is 126 Å². The molecule has 7 nitrogen and oxygen atoms in total. The van der Waals surface area contributed by atoms with Crippen molar-refractivity contribution in [3.63, 3.8) is 0 Å². The number of hydrogen-bond donors (Lipinski definition) is 3. The fourth-order valence-electron chi connectivity index (χ4n) is 2.37. The number of benzene rings is 1. The van der Waals surface area contributed by atoms with Crippen molar-refractivity contribution in [3.05, 3.63) is 23.8 Å². The third-order valence-corrected chi connectivity index (χ3v) is 3.74. The molecule has 0 spiro atoms. The van der Waals surface area contributed by atoms with Crippen LogP contribution in [-0.4, -0.2) is 35.5 Å². The van der Waals surface area contributed by atoms with Gasteiger partial charge in [0.15, 0.2) is 6.61 Å². The average molecular weight is 304 g/mol. The molecule has 7 heteroatoms. The number of ether oxygens (including phenoxy) is 1. The summed E-state index contributed by atoms with van der Waals surface area (Å²) in [6, 6.07) is 3.72. The predicted molar refractivity (Wildman–Crippen MR) is 76.8 cm³/mol. The summed E-state index contributed by atoms with van der Waals surface area (Å²) in [7, 11) is 0. The van der Waals surface area contributed by atoms with Gasteiger partial charge in [0, 0.05) is 5.56 Å². The summed E-state index contributed by atoms with van der Waals surface area (Å²) in [5, 5.41) is 14.3. The summed E-state index contributed by atoms with van der Waals surface area (Å²) in [4.78, 5) is 34.7. The molecule has 1 saturated carbocycles.